The molecule has 3 aliphatic rings. The summed E-state index contributed by atoms with van der Waals surface area (Å²) in [5.74, 6) is 0.809. The Hall–Kier alpha value is -2.04. The largest absolute Gasteiger partial charge is 0.399 e. The van der Waals surface area contributed by atoms with Crippen LogP contribution in [-0.2, 0) is 4.79 Å². The number of hydrogen-bond acceptors (Lipinski definition) is 3. The summed E-state index contributed by atoms with van der Waals surface area (Å²) >= 11 is 0. The van der Waals surface area contributed by atoms with Gasteiger partial charge in [0.1, 0.15) is 6.04 Å². The number of amides is 3. The lowest BCUT2D eigenvalue weighted by Crippen LogP contribution is -2.35. The minimum Gasteiger partial charge on any atom is -0.399 e. The van der Waals surface area contributed by atoms with Crippen LogP contribution in [-0.4, -0.2) is 29.4 Å². The molecule has 104 valence electrons. The van der Waals surface area contributed by atoms with Crippen molar-refractivity contribution in [2.45, 2.75) is 25.3 Å². The normalized spacial score (nSPS) is 31.9. The number of rotatable bonds is 1. The van der Waals surface area contributed by atoms with Crippen molar-refractivity contribution in [3.8, 4) is 0 Å². The second kappa shape index (κ2) is 3.98. The van der Waals surface area contributed by atoms with Gasteiger partial charge in [-0.3, -0.25) is 4.79 Å². The fourth-order valence-electron chi connectivity index (χ4n) is 4.08. The Balaban J connectivity index is 1.71. The van der Waals surface area contributed by atoms with Gasteiger partial charge in [-0.05, 0) is 42.9 Å². The van der Waals surface area contributed by atoms with Gasteiger partial charge in [0, 0.05) is 12.2 Å². The number of benzene rings is 1. The molecular weight excluding hydrogens is 254 g/mol. The summed E-state index contributed by atoms with van der Waals surface area (Å²) in [6.07, 6.45) is 3.39. The maximum Gasteiger partial charge on any atom is 0.332 e. The summed E-state index contributed by atoms with van der Waals surface area (Å²) in [5, 5.41) is 0. The molecule has 2 saturated heterocycles. The van der Waals surface area contributed by atoms with Gasteiger partial charge in [-0.15, -0.1) is 0 Å². The molecule has 0 radical (unpaired) electrons. The van der Waals surface area contributed by atoms with Gasteiger partial charge < -0.3 is 10.6 Å². The lowest BCUT2D eigenvalue weighted by molar-refractivity contribution is -0.120. The van der Waals surface area contributed by atoms with Gasteiger partial charge in [-0.1, -0.05) is 12.5 Å². The van der Waals surface area contributed by atoms with Gasteiger partial charge in [0.2, 0.25) is 0 Å². The Morgan fingerprint density at radius 2 is 2.05 bits per heavy atom. The maximum atomic E-state index is 12.7. The van der Waals surface area contributed by atoms with Crippen LogP contribution in [0.25, 0.3) is 0 Å². The van der Waals surface area contributed by atoms with Crippen molar-refractivity contribution in [2.75, 3.05) is 17.2 Å². The first-order valence-corrected chi connectivity index (χ1v) is 7.17. The fraction of sp³-hybridized carbons (Fsp3) is 0.467. The standard InChI is InChI=1S/C15H17N3O2/c16-10-4-2-5-11(7-10)18-14(19)13-12-6-1-3-9(12)8-17(13)15(18)20/h2,4-5,7,9,12-13H,1,3,6,8,16H2. The van der Waals surface area contributed by atoms with E-state index in [2.05, 4.69) is 0 Å². The molecule has 5 nitrogen and oxygen atoms in total. The molecule has 2 aliphatic heterocycles. The minimum atomic E-state index is -0.239. The zero-order valence-electron chi connectivity index (χ0n) is 11.2. The SMILES string of the molecule is Nc1cccc(N2C(=O)C3C4CCCC4CN3C2=O)c1. The third-order valence-corrected chi connectivity index (χ3v) is 4.93. The third kappa shape index (κ3) is 1.43. The van der Waals surface area contributed by atoms with Crippen LogP contribution >= 0.6 is 0 Å². The molecule has 3 unspecified atom stereocenters. The first-order valence-electron chi connectivity index (χ1n) is 7.17. The van der Waals surface area contributed by atoms with Crippen molar-refractivity contribution in [2.24, 2.45) is 11.8 Å². The summed E-state index contributed by atoms with van der Waals surface area (Å²) in [5.41, 5.74) is 6.91. The Morgan fingerprint density at radius 3 is 2.85 bits per heavy atom. The Kier molecular flexibility index (Phi) is 2.34. The first kappa shape index (κ1) is 11.8. The molecule has 0 spiro atoms. The van der Waals surface area contributed by atoms with E-state index in [1.165, 1.54) is 11.3 Å². The van der Waals surface area contributed by atoms with Crippen molar-refractivity contribution < 1.29 is 9.59 Å². The summed E-state index contributed by atoms with van der Waals surface area (Å²) in [6, 6.07) is 6.55. The maximum absolute atomic E-state index is 12.7. The van der Waals surface area contributed by atoms with Crippen LogP contribution in [0.1, 0.15) is 19.3 Å². The van der Waals surface area contributed by atoms with Crippen LogP contribution in [0.15, 0.2) is 24.3 Å². The van der Waals surface area contributed by atoms with Gasteiger partial charge in [-0.2, -0.15) is 0 Å². The fourth-order valence-corrected chi connectivity index (χ4v) is 4.08. The number of urea groups is 1. The summed E-state index contributed by atoms with van der Waals surface area (Å²) in [6.45, 7) is 0.735. The predicted molar refractivity (Wildman–Crippen MR) is 75.1 cm³/mol. The predicted octanol–water partition coefficient (Wildman–Crippen LogP) is 1.84. The molecule has 3 fully saturated rings. The number of carbonyl (C=O) groups is 2. The van der Waals surface area contributed by atoms with Crippen LogP contribution in [0, 0.1) is 11.8 Å². The van der Waals surface area contributed by atoms with Crippen LogP contribution in [0.5, 0.6) is 0 Å². The number of nitrogens with zero attached hydrogens (tertiary/aromatic N) is 2. The van der Waals surface area contributed by atoms with Crippen LogP contribution in [0.3, 0.4) is 0 Å². The molecule has 1 aliphatic carbocycles. The summed E-state index contributed by atoms with van der Waals surface area (Å²) in [7, 11) is 0. The highest BCUT2D eigenvalue weighted by Crippen LogP contribution is 2.46. The van der Waals surface area contributed by atoms with Crippen LogP contribution in [0.2, 0.25) is 0 Å². The monoisotopic (exact) mass is 271 g/mol. The molecular formula is C15H17N3O2. The zero-order chi connectivity index (χ0) is 13.9. The number of fused-ring (bicyclic) bond motifs is 3. The second-order valence-electron chi connectivity index (χ2n) is 6.00. The lowest BCUT2D eigenvalue weighted by Gasteiger charge is -2.17. The summed E-state index contributed by atoms with van der Waals surface area (Å²) in [4.78, 5) is 28.3. The third-order valence-electron chi connectivity index (χ3n) is 4.93. The van der Waals surface area contributed by atoms with E-state index in [4.69, 9.17) is 5.73 Å². The Morgan fingerprint density at radius 1 is 1.20 bits per heavy atom. The van der Waals surface area contributed by atoms with Crippen molar-refractivity contribution in [1.82, 2.24) is 4.90 Å². The number of carbonyl (C=O) groups excluding carboxylic acids is 2. The Labute approximate surface area is 117 Å². The smallest absolute Gasteiger partial charge is 0.332 e. The van der Waals surface area contributed by atoms with E-state index in [-0.39, 0.29) is 18.0 Å². The van der Waals surface area contributed by atoms with Crippen molar-refractivity contribution in [3.63, 3.8) is 0 Å². The van der Waals surface area contributed by atoms with E-state index < -0.39 is 0 Å². The number of hydrogen-bond donors (Lipinski definition) is 1. The van der Waals surface area contributed by atoms with E-state index in [1.54, 1.807) is 29.2 Å². The first-order chi connectivity index (χ1) is 9.66. The molecule has 20 heavy (non-hydrogen) atoms. The van der Waals surface area contributed by atoms with Crippen LogP contribution < -0.4 is 10.6 Å². The van der Waals surface area contributed by atoms with E-state index >= 15 is 0 Å². The molecule has 5 heteroatoms. The molecule has 0 bridgehead atoms. The average molecular weight is 271 g/mol. The molecule has 0 aromatic heterocycles. The highest BCUT2D eigenvalue weighted by atomic mass is 16.2. The summed E-state index contributed by atoms with van der Waals surface area (Å²) < 4.78 is 0. The number of nitrogen functional groups attached to an aromatic ring is 1. The zero-order valence-corrected chi connectivity index (χ0v) is 11.2. The highest BCUT2D eigenvalue weighted by molar-refractivity contribution is 6.21. The molecule has 3 amide bonds. The second-order valence-corrected chi connectivity index (χ2v) is 6.00. The Bertz CT molecular complexity index is 601. The van der Waals surface area contributed by atoms with E-state index in [0.29, 0.717) is 23.2 Å². The van der Waals surface area contributed by atoms with Crippen molar-refractivity contribution in [1.29, 1.82) is 0 Å². The topological polar surface area (TPSA) is 66.6 Å². The number of anilines is 2. The molecule has 2 N–H and O–H groups in total. The molecule has 1 aromatic carbocycles. The minimum absolute atomic E-state index is 0.0741. The van der Waals surface area contributed by atoms with Gasteiger partial charge in [0.25, 0.3) is 5.91 Å². The van der Waals surface area contributed by atoms with Crippen LogP contribution in [0.4, 0.5) is 16.2 Å². The molecule has 3 atom stereocenters. The van der Waals surface area contributed by atoms with Gasteiger partial charge in [0.05, 0.1) is 5.69 Å². The quantitative estimate of drug-likeness (QED) is 0.626. The van der Waals surface area contributed by atoms with Gasteiger partial charge in [0.15, 0.2) is 0 Å². The van der Waals surface area contributed by atoms with E-state index in [0.717, 1.165) is 19.4 Å². The molecule has 4 rings (SSSR count). The molecule has 2 heterocycles. The van der Waals surface area contributed by atoms with E-state index in [1.807, 2.05) is 0 Å². The average Bonchev–Trinajstić information content (AvgIpc) is 3.03. The lowest BCUT2D eigenvalue weighted by atomic mass is 9.93. The van der Waals surface area contributed by atoms with E-state index in [9.17, 15) is 9.59 Å². The number of imide groups is 1. The molecule has 1 saturated carbocycles. The van der Waals surface area contributed by atoms with Crippen molar-refractivity contribution in [3.05, 3.63) is 24.3 Å². The van der Waals surface area contributed by atoms with Gasteiger partial charge in [-0.25, -0.2) is 9.69 Å². The number of nitrogens with two attached hydrogens (primary N) is 1. The molecule has 1 aromatic rings. The van der Waals surface area contributed by atoms with Gasteiger partial charge >= 0.3 is 6.03 Å². The highest BCUT2D eigenvalue weighted by Gasteiger charge is 2.57. The van der Waals surface area contributed by atoms with Crippen molar-refractivity contribution >= 4 is 23.3 Å².